The van der Waals surface area contributed by atoms with E-state index in [4.69, 9.17) is 15.2 Å². The molecule has 11 nitrogen and oxygen atoms in total. The van der Waals surface area contributed by atoms with Gasteiger partial charge in [0, 0.05) is 11.3 Å². The van der Waals surface area contributed by atoms with Gasteiger partial charge in [0.15, 0.2) is 5.69 Å². The van der Waals surface area contributed by atoms with Crippen molar-refractivity contribution in [2.45, 2.75) is 19.6 Å². The van der Waals surface area contributed by atoms with E-state index in [0.717, 1.165) is 11.8 Å². The van der Waals surface area contributed by atoms with Crippen molar-refractivity contribution in [3.8, 4) is 17.2 Å². The second-order valence-electron chi connectivity index (χ2n) is 9.90. The third kappa shape index (κ3) is 6.59. The first-order valence-corrected chi connectivity index (χ1v) is 13.5. The van der Waals surface area contributed by atoms with Crippen molar-refractivity contribution in [3.05, 3.63) is 107 Å². The van der Waals surface area contributed by atoms with Gasteiger partial charge in [-0.15, -0.1) is 0 Å². The number of rotatable bonds is 9. The number of nitrogens with zero attached hydrogens (tertiary/aromatic N) is 4. The van der Waals surface area contributed by atoms with E-state index in [9.17, 15) is 22.8 Å². The lowest BCUT2D eigenvalue weighted by Crippen LogP contribution is -2.21. The minimum atomic E-state index is -4.90. The predicted molar refractivity (Wildman–Crippen MR) is 161 cm³/mol. The number of aryl methyl sites for hydroxylation is 1. The molecule has 2 heterocycles. The van der Waals surface area contributed by atoms with Crippen LogP contribution in [0.15, 0.2) is 79.1 Å². The van der Waals surface area contributed by atoms with Crippen molar-refractivity contribution in [2.75, 3.05) is 30.6 Å². The number of hydrogen-bond donors (Lipinski definition) is 3. The van der Waals surface area contributed by atoms with Crippen molar-refractivity contribution >= 4 is 29.0 Å². The van der Waals surface area contributed by atoms with Crippen LogP contribution in [0.5, 0.6) is 11.5 Å². The Labute approximate surface area is 255 Å². The van der Waals surface area contributed by atoms with Crippen molar-refractivity contribution < 1.29 is 32.2 Å². The number of methoxy groups -OCH3 is 2. The van der Waals surface area contributed by atoms with Gasteiger partial charge in [0.25, 0.3) is 11.8 Å². The number of benzene rings is 3. The minimum absolute atomic E-state index is 0.0862. The van der Waals surface area contributed by atoms with Crippen molar-refractivity contribution in [1.29, 1.82) is 0 Å². The standard InChI is InChI=1S/C31H28F3N7O4/c1-18-4-7-20(38-30(43)25-15-37-41(27(25)31(32,33)34)21-8-12-23(45-3)13-9-21)14-24(18)29(42)39-26-16-36-40(28(26)35)17-19-5-10-22(44-2)11-6-19/h4-16H,17,35H2,1-3H3,(H,38,43)(H,39,42). The number of nitrogens with one attached hydrogen (secondary N) is 2. The molecular formula is C31H28F3N7O4. The number of amides is 2. The number of alkyl halides is 3. The Balaban J connectivity index is 1.34. The Morgan fingerprint density at radius 3 is 2.09 bits per heavy atom. The molecule has 3 aromatic carbocycles. The van der Waals surface area contributed by atoms with Gasteiger partial charge in [0.2, 0.25) is 0 Å². The summed E-state index contributed by atoms with van der Waals surface area (Å²) >= 11 is 0. The number of nitrogens with two attached hydrogens (primary N) is 1. The number of aromatic nitrogens is 4. The first kappa shape index (κ1) is 30.7. The molecule has 0 aliphatic carbocycles. The number of hydrogen-bond acceptors (Lipinski definition) is 7. The van der Waals surface area contributed by atoms with Gasteiger partial charge in [-0.05, 0) is 66.6 Å². The third-order valence-electron chi connectivity index (χ3n) is 6.96. The fourth-order valence-electron chi connectivity index (χ4n) is 4.56. The van der Waals surface area contributed by atoms with Crippen LogP contribution >= 0.6 is 0 Å². The summed E-state index contributed by atoms with van der Waals surface area (Å²) in [4.78, 5) is 26.3. The van der Waals surface area contributed by atoms with Crippen molar-refractivity contribution in [2.24, 2.45) is 0 Å². The maximum Gasteiger partial charge on any atom is 0.434 e. The topological polar surface area (TPSA) is 138 Å². The summed E-state index contributed by atoms with van der Waals surface area (Å²) < 4.78 is 54.8. The van der Waals surface area contributed by atoms with Gasteiger partial charge in [0.1, 0.15) is 23.0 Å². The van der Waals surface area contributed by atoms with Crippen LogP contribution in [0.1, 0.15) is 37.5 Å². The highest BCUT2D eigenvalue weighted by molar-refractivity contribution is 6.09. The normalized spacial score (nSPS) is 11.2. The van der Waals surface area contributed by atoms with Crippen LogP contribution in [0.3, 0.4) is 0 Å². The van der Waals surface area contributed by atoms with Crippen molar-refractivity contribution in [3.63, 3.8) is 0 Å². The lowest BCUT2D eigenvalue weighted by molar-refractivity contribution is -0.143. The summed E-state index contributed by atoms with van der Waals surface area (Å²) in [6.07, 6.45) is -2.65. The molecule has 0 atom stereocenters. The van der Waals surface area contributed by atoms with E-state index < -0.39 is 29.2 Å². The van der Waals surface area contributed by atoms with E-state index in [2.05, 4.69) is 20.8 Å². The molecule has 2 amide bonds. The van der Waals surface area contributed by atoms with Crippen LogP contribution < -0.4 is 25.8 Å². The lowest BCUT2D eigenvalue weighted by Gasteiger charge is -2.14. The van der Waals surface area contributed by atoms with Crippen LogP contribution in [0.4, 0.5) is 30.4 Å². The van der Waals surface area contributed by atoms with Gasteiger partial charge < -0.3 is 25.8 Å². The van der Waals surface area contributed by atoms with Crippen molar-refractivity contribution in [1.82, 2.24) is 19.6 Å². The summed E-state index contributed by atoms with van der Waals surface area (Å²) in [5.41, 5.74) is 6.38. The SMILES string of the molecule is COc1ccc(Cn2ncc(NC(=O)c3cc(NC(=O)c4cnn(-c5ccc(OC)cc5)c4C(F)(F)F)ccc3C)c2N)cc1. The van der Waals surface area contributed by atoms with Gasteiger partial charge in [-0.3, -0.25) is 9.59 Å². The zero-order valence-corrected chi connectivity index (χ0v) is 24.3. The second-order valence-corrected chi connectivity index (χ2v) is 9.90. The molecule has 0 saturated heterocycles. The van der Waals surface area contributed by atoms with Crippen LogP contribution in [-0.2, 0) is 12.7 Å². The number of halogens is 3. The number of nitrogen functional groups attached to an aromatic ring is 1. The minimum Gasteiger partial charge on any atom is -0.497 e. The molecule has 0 bridgehead atoms. The third-order valence-corrected chi connectivity index (χ3v) is 6.96. The fraction of sp³-hybridized carbons (Fsp3) is 0.161. The van der Waals surface area contributed by atoms with Crippen LogP contribution in [0.25, 0.3) is 5.69 Å². The zero-order chi connectivity index (χ0) is 32.3. The fourth-order valence-corrected chi connectivity index (χ4v) is 4.56. The summed E-state index contributed by atoms with van der Waals surface area (Å²) in [7, 11) is 3.01. The summed E-state index contributed by atoms with van der Waals surface area (Å²) in [5, 5.41) is 13.2. The smallest absolute Gasteiger partial charge is 0.434 e. The molecule has 2 aromatic heterocycles. The number of anilines is 3. The lowest BCUT2D eigenvalue weighted by atomic mass is 10.1. The number of ether oxygens (including phenoxy) is 2. The first-order valence-electron chi connectivity index (χ1n) is 13.5. The predicted octanol–water partition coefficient (Wildman–Crippen LogP) is 5.55. The molecule has 4 N–H and O–H groups in total. The van der Waals surface area contributed by atoms with Gasteiger partial charge >= 0.3 is 6.18 Å². The van der Waals surface area contributed by atoms with Gasteiger partial charge in [0.05, 0.1) is 44.4 Å². The molecule has 0 radical (unpaired) electrons. The number of carbonyl (C=O) groups is 2. The Bertz CT molecular complexity index is 1850. The molecule has 0 saturated carbocycles. The van der Waals surface area contributed by atoms with Crippen LogP contribution in [-0.4, -0.2) is 45.6 Å². The molecule has 0 fully saturated rings. The van der Waals surface area contributed by atoms with E-state index in [1.54, 1.807) is 20.1 Å². The molecule has 0 unspecified atom stereocenters. The Hall–Kier alpha value is -5.79. The van der Waals surface area contributed by atoms with Crippen LogP contribution in [0.2, 0.25) is 0 Å². The zero-order valence-electron chi connectivity index (χ0n) is 24.3. The largest absolute Gasteiger partial charge is 0.497 e. The molecule has 0 aliphatic rings. The molecule has 0 aliphatic heterocycles. The maximum absolute atomic E-state index is 14.1. The monoisotopic (exact) mass is 619 g/mol. The highest BCUT2D eigenvalue weighted by atomic mass is 19.4. The Morgan fingerprint density at radius 1 is 0.844 bits per heavy atom. The highest BCUT2D eigenvalue weighted by Gasteiger charge is 2.40. The maximum atomic E-state index is 14.1. The Morgan fingerprint density at radius 2 is 1.47 bits per heavy atom. The molecule has 5 aromatic rings. The summed E-state index contributed by atoms with van der Waals surface area (Å²) in [5.74, 6) is -0.237. The van der Waals surface area contributed by atoms with E-state index in [0.29, 0.717) is 28.3 Å². The molecule has 232 valence electrons. The second kappa shape index (κ2) is 12.4. The van der Waals surface area contributed by atoms with Gasteiger partial charge in [-0.2, -0.15) is 23.4 Å². The molecule has 0 spiro atoms. The van der Waals surface area contributed by atoms with E-state index >= 15 is 0 Å². The van der Waals surface area contributed by atoms with Crippen LogP contribution in [0, 0.1) is 6.92 Å². The van der Waals surface area contributed by atoms with E-state index in [-0.39, 0.29) is 28.4 Å². The summed E-state index contributed by atoms with van der Waals surface area (Å²) in [6, 6.07) is 17.5. The average molecular weight is 620 g/mol. The first-order chi connectivity index (χ1) is 21.5. The molecule has 14 heteroatoms. The van der Waals surface area contributed by atoms with Gasteiger partial charge in [-0.1, -0.05) is 18.2 Å². The average Bonchev–Trinajstić information content (AvgIpc) is 3.63. The highest BCUT2D eigenvalue weighted by Crippen LogP contribution is 2.34. The van der Waals surface area contributed by atoms with E-state index in [1.807, 2.05) is 24.3 Å². The number of carbonyl (C=O) groups excluding carboxylic acids is 2. The molecule has 5 rings (SSSR count). The summed E-state index contributed by atoms with van der Waals surface area (Å²) in [6.45, 7) is 2.03. The molecular weight excluding hydrogens is 591 g/mol. The van der Waals surface area contributed by atoms with E-state index in [1.165, 1.54) is 54.4 Å². The Kier molecular flexibility index (Phi) is 8.48. The quantitative estimate of drug-likeness (QED) is 0.197. The van der Waals surface area contributed by atoms with Gasteiger partial charge in [-0.25, -0.2) is 9.36 Å². The molecule has 45 heavy (non-hydrogen) atoms.